The summed E-state index contributed by atoms with van der Waals surface area (Å²) in [5.41, 5.74) is 4.41. The fourth-order valence-corrected chi connectivity index (χ4v) is 2.02. The van der Waals surface area contributed by atoms with Gasteiger partial charge in [0.25, 0.3) is 0 Å². The first-order chi connectivity index (χ1) is 5.98. The molecule has 3 N–H and O–H groups in total. The highest BCUT2D eigenvalue weighted by molar-refractivity contribution is 5.89. The monoisotopic (exact) mass is 185 g/mol. The second-order valence-electron chi connectivity index (χ2n) is 3.75. The van der Waals surface area contributed by atoms with Crippen molar-refractivity contribution < 1.29 is 14.7 Å². The van der Waals surface area contributed by atoms with Crippen molar-refractivity contribution in [3.05, 3.63) is 0 Å². The molecule has 0 aromatic carbocycles. The second kappa shape index (κ2) is 3.46. The summed E-state index contributed by atoms with van der Waals surface area (Å²) in [6.07, 6.45) is 2.72. The van der Waals surface area contributed by atoms with E-state index in [2.05, 4.69) is 0 Å². The number of carboxylic acid groups (broad SMARTS) is 1. The summed E-state index contributed by atoms with van der Waals surface area (Å²) in [4.78, 5) is 22.1. The zero-order chi connectivity index (χ0) is 10.1. The molecule has 1 rings (SSSR count). The average Bonchev–Trinajstić information content (AvgIpc) is 2.04. The third kappa shape index (κ3) is 1.72. The topological polar surface area (TPSA) is 80.4 Å². The van der Waals surface area contributed by atoms with Crippen LogP contribution in [0.5, 0.6) is 0 Å². The van der Waals surface area contributed by atoms with Crippen LogP contribution in [0, 0.1) is 5.92 Å². The molecule has 0 bridgehead atoms. The molecule has 2 unspecified atom stereocenters. The molecule has 74 valence electrons. The van der Waals surface area contributed by atoms with E-state index in [1.54, 1.807) is 0 Å². The van der Waals surface area contributed by atoms with Crippen LogP contribution >= 0.6 is 0 Å². The smallest absolute Gasteiger partial charge is 0.324 e. The molecule has 4 heteroatoms. The standard InChI is InChI=1S/C9H15NO3/c1-6(11)7-4-2-3-5-9(7,10)8(12)13/h7H,2-5,10H2,1H3,(H,12,13). The van der Waals surface area contributed by atoms with E-state index in [1.807, 2.05) is 0 Å². The van der Waals surface area contributed by atoms with E-state index in [4.69, 9.17) is 10.8 Å². The summed E-state index contributed by atoms with van der Waals surface area (Å²) >= 11 is 0. The summed E-state index contributed by atoms with van der Waals surface area (Å²) in [6.45, 7) is 1.42. The van der Waals surface area contributed by atoms with E-state index < -0.39 is 17.4 Å². The molecule has 2 atom stereocenters. The Labute approximate surface area is 77.1 Å². The van der Waals surface area contributed by atoms with Crippen molar-refractivity contribution in [1.82, 2.24) is 0 Å². The van der Waals surface area contributed by atoms with Crippen LogP contribution in [-0.2, 0) is 9.59 Å². The maximum absolute atomic E-state index is 11.2. The van der Waals surface area contributed by atoms with Gasteiger partial charge in [-0.15, -0.1) is 0 Å². The summed E-state index contributed by atoms with van der Waals surface area (Å²) in [6, 6.07) is 0. The fraction of sp³-hybridized carbons (Fsp3) is 0.778. The van der Waals surface area contributed by atoms with Crippen molar-refractivity contribution in [2.45, 2.75) is 38.1 Å². The fourth-order valence-electron chi connectivity index (χ4n) is 2.02. The molecule has 13 heavy (non-hydrogen) atoms. The van der Waals surface area contributed by atoms with Crippen molar-refractivity contribution >= 4 is 11.8 Å². The normalized spacial score (nSPS) is 34.2. The molecule has 0 amide bonds. The number of carboxylic acids is 1. The number of hydrogen-bond acceptors (Lipinski definition) is 3. The molecule has 0 heterocycles. The van der Waals surface area contributed by atoms with Crippen LogP contribution in [0.25, 0.3) is 0 Å². The van der Waals surface area contributed by atoms with Gasteiger partial charge in [0.15, 0.2) is 0 Å². The van der Waals surface area contributed by atoms with Gasteiger partial charge in [0.1, 0.15) is 11.3 Å². The molecule has 0 aliphatic heterocycles. The van der Waals surface area contributed by atoms with E-state index >= 15 is 0 Å². The van der Waals surface area contributed by atoms with E-state index in [1.165, 1.54) is 6.92 Å². The van der Waals surface area contributed by atoms with Gasteiger partial charge in [0.2, 0.25) is 0 Å². The van der Waals surface area contributed by atoms with Crippen molar-refractivity contribution in [3.8, 4) is 0 Å². The van der Waals surface area contributed by atoms with Gasteiger partial charge in [-0.1, -0.05) is 12.8 Å². The molecule has 1 saturated carbocycles. The Morgan fingerprint density at radius 1 is 1.46 bits per heavy atom. The van der Waals surface area contributed by atoms with E-state index in [9.17, 15) is 9.59 Å². The SMILES string of the molecule is CC(=O)C1CCCCC1(N)C(=O)O. The van der Waals surface area contributed by atoms with E-state index in [0.717, 1.165) is 12.8 Å². The molecule has 0 aromatic heterocycles. The number of hydrogen-bond donors (Lipinski definition) is 2. The van der Waals surface area contributed by atoms with Crippen LogP contribution < -0.4 is 5.73 Å². The van der Waals surface area contributed by atoms with Crippen LogP contribution in [0.3, 0.4) is 0 Å². The minimum Gasteiger partial charge on any atom is -0.480 e. The molecule has 0 spiro atoms. The largest absolute Gasteiger partial charge is 0.480 e. The Hall–Kier alpha value is -0.900. The quantitative estimate of drug-likeness (QED) is 0.658. The van der Waals surface area contributed by atoms with Crippen LogP contribution in [0.4, 0.5) is 0 Å². The Kier molecular flexibility index (Phi) is 2.71. The van der Waals surface area contributed by atoms with Crippen molar-refractivity contribution in [1.29, 1.82) is 0 Å². The van der Waals surface area contributed by atoms with Crippen LogP contribution in [-0.4, -0.2) is 22.4 Å². The molecular formula is C9H15NO3. The Morgan fingerprint density at radius 2 is 2.08 bits per heavy atom. The molecule has 0 radical (unpaired) electrons. The second-order valence-corrected chi connectivity index (χ2v) is 3.75. The van der Waals surface area contributed by atoms with Crippen LogP contribution in [0.15, 0.2) is 0 Å². The summed E-state index contributed by atoms with van der Waals surface area (Å²) in [5.74, 6) is -1.66. The first kappa shape index (κ1) is 10.2. The van der Waals surface area contributed by atoms with E-state index in [0.29, 0.717) is 12.8 Å². The number of aliphatic carboxylic acids is 1. The average molecular weight is 185 g/mol. The number of carbonyl (C=O) groups excluding carboxylic acids is 1. The van der Waals surface area contributed by atoms with Crippen LogP contribution in [0.1, 0.15) is 32.6 Å². The summed E-state index contributed by atoms with van der Waals surface area (Å²) in [7, 11) is 0. The Morgan fingerprint density at radius 3 is 2.46 bits per heavy atom. The number of rotatable bonds is 2. The molecule has 1 aliphatic rings. The molecular weight excluding hydrogens is 170 g/mol. The molecule has 0 saturated heterocycles. The Balaban J connectivity index is 2.89. The van der Waals surface area contributed by atoms with Crippen molar-refractivity contribution in [2.24, 2.45) is 11.7 Å². The zero-order valence-corrected chi connectivity index (χ0v) is 7.75. The minimum atomic E-state index is -1.32. The predicted molar refractivity (Wildman–Crippen MR) is 47.2 cm³/mol. The lowest BCUT2D eigenvalue weighted by Gasteiger charge is -2.35. The molecule has 1 fully saturated rings. The van der Waals surface area contributed by atoms with Gasteiger partial charge < -0.3 is 10.8 Å². The maximum atomic E-state index is 11.2. The van der Waals surface area contributed by atoms with Gasteiger partial charge in [-0.3, -0.25) is 9.59 Å². The Bertz CT molecular complexity index is 239. The first-order valence-electron chi connectivity index (χ1n) is 4.51. The number of ketones is 1. The molecule has 0 aromatic rings. The predicted octanol–water partition coefficient (Wildman–Crippen LogP) is 0.548. The third-order valence-electron chi connectivity index (χ3n) is 2.84. The number of carbonyl (C=O) groups is 2. The highest BCUT2D eigenvalue weighted by Gasteiger charge is 2.45. The lowest BCUT2D eigenvalue weighted by atomic mass is 9.71. The van der Waals surface area contributed by atoms with Crippen molar-refractivity contribution in [2.75, 3.05) is 0 Å². The molecule has 4 nitrogen and oxygen atoms in total. The van der Waals surface area contributed by atoms with Gasteiger partial charge in [-0.2, -0.15) is 0 Å². The van der Waals surface area contributed by atoms with Gasteiger partial charge >= 0.3 is 5.97 Å². The lowest BCUT2D eigenvalue weighted by Crippen LogP contribution is -2.57. The highest BCUT2D eigenvalue weighted by Crippen LogP contribution is 2.32. The maximum Gasteiger partial charge on any atom is 0.324 e. The van der Waals surface area contributed by atoms with Crippen molar-refractivity contribution in [3.63, 3.8) is 0 Å². The number of nitrogens with two attached hydrogens (primary N) is 1. The third-order valence-corrected chi connectivity index (χ3v) is 2.84. The zero-order valence-electron chi connectivity index (χ0n) is 7.75. The highest BCUT2D eigenvalue weighted by atomic mass is 16.4. The van der Waals surface area contributed by atoms with E-state index in [-0.39, 0.29) is 5.78 Å². The lowest BCUT2D eigenvalue weighted by molar-refractivity contribution is -0.150. The number of Topliss-reactive ketones (excluding diaryl/α,β-unsaturated/α-hetero) is 1. The van der Waals surface area contributed by atoms with Gasteiger partial charge in [-0.05, 0) is 19.8 Å². The summed E-state index contributed by atoms with van der Waals surface area (Å²) in [5, 5.41) is 8.94. The van der Waals surface area contributed by atoms with Gasteiger partial charge in [0.05, 0.1) is 0 Å². The minimum absolute atomic E-state index is 0.107. The molecule has 1 aliphatic carbocycles. The van der Waals surface area contributed by atoms with Crippen LogP contribution in [0.2, 0.25) is 0 Å². The summed E-state index contributed by atoms with van der Waals surface area (Å²) < 4.78 is 0. The van der Waals surface area contributed by atoms with Gasteiger partial charge in [-0.25, -0.2) is 0 Å². The van der Waals surface area contributed by atoms with Gasteiger partial charge in [0, 0.05) is 5.92 Å². The first-order valence-corrected chi connectivity index (χ1v) is 4.51.